The molecule has 1 fully saturated rings. The molecule has 1 N–H and O–H groups in total. The fourth-order valence-corrected chi connectivity index (χ4v) is 1.14. The van der Waals surface area contributed by atoms with Gasteiger partial charge in [-0.15, -0.1) is 0 Å². The molecule has 1 unspecified atom stereocenters. The summed E-state index contributed by atoms with van der Waals surface area (Å²) >= 11 is 0. The van der Waals surface area contributed by atoms with Gasteiger partial charge >= 0.3 is 0 Å². The first-order chi connectivity index (χ1) is 5.18. The standard InChI is InChI=1S/C9H15NO/c1-7(2)3-4-8-5-9(11)10-6-8/h3-4,7-8H,5-6H2,1-2H3,(H,10,11)/b4-3+. The monoisotopic (exact) mass is 153 g/mol. The summed E-state index contributed by atoms with van der Waals surface area (Å²) in [4.78, 5) is 10.8. The minimum Gasteiger partial charge on any atom is -0.355 e. The van der Waals surface area contributed by atoms with E-state index in [0.29, 0.717) is 18.3 Å². The molecule has 62 valence electrons. The van der Waals surface area contributed by atoms with Gasteiger partial charge in [-0.1, -0.05) is 26.0 Å². The smallest absolute Gasteiger partial charge is 0.220 e. The fourth-order valence-electron chi connectivity index (χ4n) is 1.14. The van der Waals surface area contributed by atoms with E-state index in [1.165, 1.54) is 0 Å². The highest BCUT2D eigenvalue weighted by atomic mass is 16.1. The second kappa shape index (κ2) is 3.56. The van der Waals surface area contributed by atoms with Gasteiger partial charge in [0, 0.05) is 18.9 Å². The molecule has 2 nitrogen and oxygen atoms in total. The molecule has 1 amide bonds. The number of hydrogen-bond acceptors (Lipinski definition) is 1. The Hall–Kier alpha value is -0.790. The first kappa shape index (κ1) is 8.31. The third-order valence-corrected chi connectivity index (χ3v) is 1.78. The zero-order chi connectivity index (χ0) is 8.27. The number of nitrogens with one attached hydrogen (secondary N) is 1. The zero-order valence-electron chi connectivity index (χ0n) is 7.13. The molecule has 0 aromatic rings. The lowest BCUT2D eigenvalue weighted by molar-refractivity contribution is -0.119. The predicted octanol–water partition coefficient (Wildman–Crippen LogP) is 1.33. The van der Waals surface area contributed by atoms with Crippen molar-refractivity contribution in [3.8, 4) is 0 Å². The fraction of sp³-hybridized carbons (Fsp3) is 0.667. The Kier molecular flexibility index (Phi) is 2.69. The highest BCUT2D eigenvalue weighted by Crippen LogP contribution is 2.11. The molecule has 0 spiro atoms. The van der Waals surface area contributed by atoms with Gasteiger partial charge in [-0.05, 0) is 5.92 Å². The Labute approximate surface area is 67.7 Å². The highest BCUT2D eigenvalue weighted by Gasteiger charge is 2.18. The SMILES string of the molecule is CC(C)/C=C/C1CNC(=O)C1. The van der Waals surface area contributed by atoms with Crippen LogP contribution in [0.1, 0.15) is 20.3 Å². The number of allylic oxidation sites excluding steroid dienone is 1. The van der Waals surface area contributed by atoms with E-state index in [2.05, 4.69) is 31.3 Å². The van der Waals surface area contributed by atoms with Crippen LogP contribution in [0.25, 0.3) is 0 Å². The summed E-state index contributed by atoms with van der Waals surface area (Å²) in [6.45, 7) is 5.10. The van der Waals surface area contributed by atoms with Gasteiger partial charge in [-0.3, -0.25) is 4.79 Å². The van der Waals surface area contributed by atoms with Crippen LogP contribution in [0.3, 0.4) is 0 Å². The largest absolute Gasteiger partial charge is 0.355 e. The number of carbonyl (C=O) groups is 1. The molecule has 1 saturated heterocycles. The Balaban J connectivity index is 2.33. The molecule has 0 radical (unpaired) electrons. The lowest BCUT2D eigenvalue weighted by Gasteiger charge is -1.99. The van der Waals surface area contributed by atoms with Crippen LogP contribution >= 0.6 is 0 Å². The van der Waals surface area contributed by atoms with Crippen LogP contribution in [0, 0.1) is 11.8 Å². The van der Waals surface area contributed by atoms with E-state index < -0.39 is 0 Å². The van der Waals surface area contributed by atoms with Crippen LogP contribution in [0.2, 0.25) is 0 Å². The van der Waals surface area contributed by atoms with E-state index in [1.54, 1.807) is 0 Å². The van der Waals surface area contributed by atoms with E-state index in [1.807, 2.05) is 0 Å². The molecule has 0 aliphatic carbocycles. The van der Waals surface area contributed by atoms with Crippen LogP contribution in [0.5, 0.6) is 0 Å². The Morgan fingerprint density at radius 2 is 2.36 bits per heavy atom. The van der Waals surface area contributed by atoms with E-state index in [4.69, 9.17) is 0 Å². The molecular formula is C9H15NO. The maximum absolute atomic E-state index is 10.8. The van der Waals surface area contributed by atoms with Gasteiger partial charge in [-0.25, -0.2) is 0 Å². The van der Waals surface area contributed by atoms with Crippen molar-refractivity contribution in [2.45, 2.75) is 20.3 Å². The maximum atomic E-state index is 10.8. The van der Waals surface area contributed by atoms with Crippen molar-refractivity contribution in [1.29, 1.82) is 0 Å². The molecule has 1 rings (SSSR count). The van der Waals surface area contributed by atoms with Gasteiger partial charge in [-0.2, -0.15) is 0 Å². The first-order valence-electron chi connectivity index (χ1n) is 4.13. The Morgan fingerprint density at radius 1 is 1.64 bits per heavy atom. The summed E-state index contributed by atoms with van der Waals surface area (Å²) < 4.78 is 0. The molecule has 0 bridgehead atoms. The van der Waals surface area contributed by atoms with E-state index in [-0.39, 0.29) is 5.91 Å². The number of carbonyl (C=O) groups excluding carboxylic acids is 1. The van der Waals surface area contributed by atoms with Crippen molar-refractivity contribution in [2.75, 3.05) is 6.54 Å². The first-order valence-corrected chi connectivity index (χ1v) is 4.13. The van der Waals surface area contributed by atoms with E-state index >= 15 is 0 Å². The molecule has 0 saturated carbocycles. The highest BCUT2D eigenvalue weighted by molar-refractivity contribution is 5.78. The molecule has 0 aromatic carbocycles. The van der Waals surface area contributed by atoms with Crippen molar-refractivity contribution in [1.82, 2.24) is 5.32 Å². The number of amides is 1. The summed E-state index contributed by atoms with van der Waals surface area (Å²) in [7, 11) is 0. The second-order valence-corrected chi connectivity index (χ2v) is 3.40. The summed E-state index contributed by atoms with van der Waals surface area (Å²) in [5.41, 5.74) is 0. The quantitative estimate of drug-likeness (QED) is 0.596. The summed E-state index contributed by atoms with van der Waals surface area (Å²) in [6.07, 6.45) is 4.97. The van der Waals surface area contributed by atoms with Gasteiger partial charge in [0.15, 0.2) is 0 Å². The predicted molar refractivity (Wildman–Crippen MR) is 45.1 cm³/mol. The third kappa shape index (κ3) is 2.74. The topological polar surface area (TPSA) is 29.1 Å². The molecule has 1 aliphatic heterocycles. The minimum atomic E-state index is 0.184. The zero-order valence-corrected chi connectivity index (χ0v) is 7.13. The van der Waals surface area contributed by atoms with Gasteiger partial charge in [0.2, 0.25) is 5.91 Å². The number of hydrogen-bond donors (Lipinski definition) is 1. The molecular weight excluding hydrogens is 138 g/mol. The average Bonchev–Trinajstić information content (AvgIpc) is 2.31. The lowest BCUT2D eigenvalue weighted by Crippen LogP contribution is -2.13. The van der Waals surface area contributed by atoms with Crippen molar-refractivity contribution in [2.24, 2.45) is 11.8 Å². The summed E-state index contributed by atoms with van der Waals surface area (Å²) in [5, 5.41) is 2.80. The normalized spacial score (nSPS) is 25.0. The van der Waals surface area contributed by atoms with Crippen LogP contribution in [0.4, 0.5) is 0 Å². The van der Waals surface area contributed by atoms with Crippen molar-refractivity contribution < 1.29 is 4.79 Å². The lowest BCUT2D eigenvalue weighted by atomic mass is 10.1. The Bertz CT molecular complexity index is 172. The molecule has 2 heteroatoms. The van der Waals surface area contributed by atoms with Crippen molar-refractivity contribution in [3.05, 3.63) is 12.2 Å². The van der Waals surface area contributed by atoms with Crippen LogP contribution in [-0.2, 0) is 4.79 Å². The van der Waals surface area contributed by atoms with Gasteiger partial charge in [0.25, 0.3) is 0 Å². The minimum absolute atomic E-state index is 0.184. The molecule has 1 aliphatic rings. The Morgan fingerprint density at radius 3 is 2.82 bits per heavy atom. The third-order valence-electron chi connectivity index (χ3n) is 1.78. The molecule has 1 heterocycles. The second-order valence-electron chi connectivity index (χ2n) is 3.40. The van der Waals surface area contributed by atoms with Gasteiger partial charge in [0.1, 0.15) is 0 Å². The average molecular weight is 153 g/mol. The molecule has 1 atom stereocenters. The van der Waals surface area contributed by atoms with Crippen LogP contribution in [-0.4, -0.2) is 12.5 Å². The maximum Gasteiger partial charge on any atom is 0.220 e. The van der Waals surface area contributed by atoms with E-state index in [0.717, 1.165) is 6.54 Å². The van der Waals surface area contributed by atoms with E-state index in [9.17, 15) is 4.79 Å². The van der Waals surface area contributed by atoms with Gasteiger partial charge < -0.3 is 5.32 Å². The summed E-state index contributed by atoms with van der Waals surface area (Å²) in [5.74, 6) is 1.21. The van der Waals surface area contributed by atoms with Crippen molar-refractivity contribution >= 4 is 5.91 Å². The number of rotatable bonds is 2. The van der Waals surface area contributed by atoms with Crippen LogP contribution in [0.15, 0.2) is 12.2 Å². The summed E-state index contributed by atoms with van der Waals surface area (Å²) in [6, 6.07) is 0. The van der Waals surface area contributed by atoms with Crippen molar-refractivity contribution in [3.63, 3.8) is 0 Å². The van der Waals surface area contributed by atoms with Gasteiger partial charge in [0.05, 0.1) is 0 Å². The molecule has 0 aromatic heterocycles. The van der Waals surface area contributed by atoms with Crippen LogP contribution < -0.4 is 5.32 Å². The molecule has 11 heavy (non-hydrogen) atoms.